The Balaban J connectivity index is 1.96. The van der Waals surface area contributed by atoms with Gasteiger partial charge in [0.1, 0.15) is 0 Å². The molecule has 1 fully saturated rings. The quantitative estimate of drug-likeness (QED) is 0.771. The topological polar surface area (TPSA) is 43.9 Å². The maximum Gasteiger partial charge on any atom is 0.232 e. The van der Waals surface area contributed by atoms with Crippen LogP contribution in [0.4, 0.5) is 5.69 Å². The number of hydrogen-bond donors (Lipinski definition) is 0. The highest BCUT2D eigenvalue weighted by Crippen LogP contribution is 2.23. The predicted molar refractivity (Wildman–Crippen MR) is 92.3 cm³/mol. The summed E-state index contributed by atoms with van der Waals surface area (Å²) in [4.78, 5) is 30.7. The number of benzene rings is 1. The van der Waals surface area contributed by atoms with E-state index in [2.05, 4.69) is 4.90 Å². The molecule has 0 bridgehead atoms. The average Bonchev–Trinajstić information content (AvgIpc) is 2.90. The number of hydrogen-bond acceptors (Lipinski definition) is 3. The maximum absolute atomic E-state index is 12.8. The Hall–Kier alpha value is -1.88. The number of carbonyl (C=O) groups excluding carboxylic acids is 2. The summed E-state index contributed by atoms with van der Waals surface area (Å²) in [5, 5.41) is 0. The Labute approximate surface area is 138 Å². The fourth-order valence-corrected chi connectivity index (χ4v) is 3.03. The van der Waals surface area contributed by atoms with Gasteiger partial charge in [0.25, 0.3) is 0 Å². The first-order valence-electron chi connectivity index (χ1n) is 8.31. The van der Waals surface area contributed by atoms with Crippen LogP contribution in [0.15, 0.2) is 30.3 Å². The largest absolute Gasteiger partial charge is 0.342 e. The molecular weight excluding hydrogens is 290 g/mol. The SMILES string of the molecule is CCN(C(=O)C1CC(=O)N(CCCN(C)C)C1)c1ccccc1. The van der Waals surface area contributed by atoms with Gasteiger partial charge in [-0.1, -0.05) is 18.2 Å². The van der Waals surface area contributed by atoms with Gasteiger partial charge in [0, 0.05) is 31.7 Å². The molecule has 0 aromatic heterocycles. The fourth-order valence-electron chi connectivity index (χ4n) is 3.03. The van der Waals surface area contributed by atoms with E-state index in [0.717, 1.165) is 25.2 Å². The Morgan fingerprint density at radius 1 is 1.26 bits per heavy atom. The summed E-state index contributed by atoms with van der Waals surface area (Å²) in [6.45, 7) is 4.82. The van der Waals surface area contributed by atoms with E-state index in [0.29, 0.717) is 19.5 Å². The molecule has 0 N–H and O–H groups in total. The lowest BCUT2D eigenvalue weighted by Gasteiger charge is -2.24. The number of para-hydroxylation sites is 1. The average molecular weight is 317 g/mol. The van der Waals surface area contributed by atoms with Crippen LogP contribution < -0.4 is 4.90 Å². The number of nitrogens with zero attached hydrogens (tertiary/aromatic N) is 3. The van der Waals surface area contributed by atoms with Crippen molar-refractivity contribution in [3.8, 4) is 0 Å². The van der Waals surface area contributed by atoms with Gasteiger partial charge in [-0.15, -0.1) is 0 Å². The number of anilines is 1. The van der Waals surface area contributed by atoms with Crippen molar-refractivity contribution in [2.75, 3.05) is 45.2 Å². The van der Waals surface area contributed by atoms with E-state index in [1.165, 1.54) is 0 Å². The summed E-state index contributed by atoms with van der Waals surface area (Å²) < 4.78 is 0. The minimum Gasteiger partial charge on any atom is -0.342 e. The second kappa shape index (κ2) is 8.11. The van der Waals surface area contributed by atoms with Crippen LogP contribution in [0.1, 0.15) is 19.8 Å². The minimum absolute atomic E-state index is 0.0576. The molecule has 23 heavy (non-hydrogen) atoms. The molecule has 5 nitrogen and oxygen atoms in total. The summed E-state index contributed by atoms with van der Waals surface area (Å²) in [7, 11) is 4.05. The molecule has 1 heterocycles. The lowest BCUT2D eigenvalue weighted by molar-refractivity contribution is -0.128. The summed E-state index contributed by atoms with van der Waals surface area (Å²) in [6, 6.07) is 9.67. The third kappa shape index (κ3) is 4.55. The molecule has 0 spiro atoms. The number of amides is 2. The van der Waals surface area contributed by atoms with Crippen LogP contribution >= 0.6 is 0 Å². The zero-order valence-corrected chi connectivity index (χ0v) is 14.4. The Kier molecular flexibility index (Phi) is 6.16. The highest BCUT2D eigenvalue weighted by Gasteiger charge is 2.36. The second-order valence-electron chi connectivity index (χ2n) is 6.32. The molecule has 1 saturated heterocycles. The van der Waals surface area contributed by atoms with Gasteiger partial charge in [-0.05, 0) is 46.1 Å². The molecule has 126 valence electrons. The van der Waals surface area contributed by atoms with E-state index < -0.39 is 0 Å². The Morgan fingerprint density at radius 2 is 1.96 bits per heavy atom. The van der Waals surface area contributed by atoms with Gasteiger partial charge in [-0.3, -0.25) is 9.59 Å². The molecule has 1 atom stereocenters. The van der Waals surface area contributed by atoms with Crippen molar-refractivity contribution in [3.05, 3.63) is 30.3 Å². The van der Waals surface area contributed by atoms with Gasteiger partial charge in [-0.2, -0.15) is 0 Å². The number of rotatable bonds is 7. The first kappa shape index (κ1) is 17.5. The monoisotopic (exact) mass is 317 g/mol. The first-order valence-corrected chi connectivity index (χ1v) is 8.31. The molecule has 2 amide bonds. The van der Waals surface area contributed by atoms with E-state index in [9.17, 15) is 9.59 Å². The number of likely N-dealkylation sites (tertiary alicyclic amines) is 1. The van der Waals surface area contributed by atoms with E-state index in [4.69, 9.17) is 0 Å². The molecule has 1 aliphatic rings. The van der Waals surface area contributed by atoms with Crippen molar-refractivity contribution in [1.82, 2.24) is 9.80 Å². The van der Waals surface area contributed by atoms with Crippen LogP contribution in [0.5, 0.6) is 0 Å². The van der Waals surface area contributed by atoms with Gasteiger partial charge >= 0.3 is 0 Å². The summed E-state index contributed by atoms with van der Waals surface area (Å²) in [6.07, 6.45) is 1.28. The van der Waals surface area contributed by atoms with Gasteiger partial charge in [0.05, 0.1) is 5.92 Å². The molecular formula is C18H27N3O2. The van der Waals surface area contributed by atoms with E-state index in [1.54, 1.807) is 4.90 Å². The van der Waals surface area contributed by atoms with E-state index >= 15 is 0 Å². The van der Waals surface area contributed by atoms with Crippen LogP contribution in [0.2, 0.25) is 0 Å². The molecule has 2 rings (SSSR count). The normalized spacial score (nSPS) is 17.8. The van der Waals surface area contributed by atoms with Crippen LogP contribution in [0, 0.1) is 5.92 Å². The molecule has 0 saturated carbocycles. The lowest BCUT2D eigenvalue weighted by Crippen LogP contribution is -2.37. The lowest BCUT2D eigenvalue weighted by atomic mass is 10.1. The summed E-state index contributed by atoms with van der Waals surface area (Å²) in [5.74, 6) is -0.0598. The van der Waals surface area contributed by atoms with Crippen LogP contribution in [0.25, 0.3) is 0 Å². The predicted octanol–water partition coefficient (Wildman–Crippen LogP) is 1.84. The van der Waals surface area contributed by atoms with E-state index in [-0.39, 0.29) is 17.7 Å². The molecule has 1 aliphatic heterocycles. The van der Waals surface area contributed by atoms with Gasteiger partial charge in [0.15, 0.2) is 0 Å². The van der Waals surface area contributed by atoms with Crippen molar-refractivity contribution in [1.29, 1.82) is 0 Å². The third-order valence-electron chi connectivity index (χ3n) is 4.25. The van der Waals surface area contributed by atoms with Crippen LogP contribution in [-0.2, 0) is 9.59 Å². The fraction of sp³-hybridized carbons (Fsp3) is 0.556. The zero-order chi connectivity index (χ0) is 16.8. The summed E-state index contributed by atoms with van der Waals surface area (Å²) in [5.41, 5.74) is 0.901. The third-order valence-corrected chi connectivity index (χ3v) is 4.25. The Morgan fingerprint density at radius 3 is 2.57 bits per heavy atom. The van der Waals surface area contributed by atoms with Crippen molar-refractivity contribution >= 4 is 17.5 Å². The van der Waals surface area contributed by atoms with E-state index in [1.807, 2.05) is 56.3 Å². The Bertz CT molecular complexity index is 530. The molecule has 0 aliphatic carbocycles. The summed E-state index contributed by atoms with van der Waals surface area (Å²) >= 11 is 0. The first-order chi connectivity index (χ1) is 11.0. The van der Waals surface area contributed by atoms with Crippen molar-refractivity contribution in [3.63, 3.8) is 0 Å². The molecule has 1 unspecified atom stereocenters. The van der Waals surface area contributed by atoms with Gasteiger partial charge in [-0.25, -0.2) is 0 Å². The van der Waals surface area contributed by atoms with Crippen molar-refractivity contribution in [2.45, 2.75) is 19.8 Å². The highest BCUT2D eigenvalue weighted by atomic mass is 16.2. The maximum atomic E-state index is 12.8. The second-order valence-corrected chi connectivity index (χ2v) is 6.32. The van der Waals surface area contributed by atoms with Gasteiger partial charge < -0.3 is 14.7 Å². The van der Waals surface area contributed by atoms with Crippen molar-refractivity contribution < 1.29 is 9.59 Å². The molecule has 0 radical (unpaired) electrons. The zero-order valence-electron chi connectivity index (χ0n) is 14.4. The smallest absolute Gasteiger partial charge is 0.232 e. The minimum atomic E-state index is -0.220. The van der Waals surface area contributed by atoms with Gasteiger partial charge in [0.2, 0.25) is 11.8 Å². The highest BCUT2D eigenvalue weighted by molar-refractivity contribution is 5.98. The van der Waals surface area contributed by atoms with Crippen molar-refractivity contribution in [2.24, 2.45) is 5.92 Å². The number of carbonyl (C=O) groups is 2. The van der Waals surface area contributed by atoms with Crippen LogP contribution in [-0.4, -0.2) is 61.9 Å². The molecule has 1 aromatic rings. The standard InChI is InChI=1S/C18H27N3O2/c1-4-21(16-9-6-5-7-10-16)18(23)15-13-17(22)20(14-15)12-8-11-19(2)3/h5-7,9-10,15H,4,8,11-14H2,1-3H3. The van der Waals surface area contributed by atoms with Crippen LogP contribution in [0.3, 0.4) is 0 Å². The molecule has 1 aromatic carbocycles. The molecule has 5 heteroatoms.